The van der Waals surface area contributed by atoms with Crippen LogP contribution in [-0.2, 0) is 4.79 Å². The van der Waals surface area contributed by atoms with Gasteiger partial charge in [-0.3, -0.25) is 9.79 Å². The van der Waals surface area contributed by atoms with Gasteiger partial charge >= 0.3 is 6.18 Å². The van der Waals surface area contributed by atoms with Gasteiger partial charge in [0, 0.05) is 33.6 Å². The molecule has 1 amide bonds. The number of rotatable bonds is 6. The summed E-state index contributed by atoms with van der Waals surface area (Å²) in [5.74, 6) is 0.233. The zero-order valence-electron chi connectivity index (χ0n) is 11.9. The molecule has 0 unspecified atom stereocenters. The van der Waals surface area contributed by atoms with Gasteiger partial charge < -0.3 is 15.5 Å². The minimum absolute atomic E-state index is 0. The molecule has 9 heteroatoms. The number of nitrogens with zero attached hydrogens (tertiary/aromatic N) is 2. The molecule has 0 rings (SSSR count). The summed E-state index contributed by atoms with van der Waals surface area (Å²) in [5.41, 5.74) is 0. The fourth-order valence-corrected chi connectivity index (χ4v) is 1.15. The van der Waals surface area contributed by atoms with Crippen LogP contribution in [0.15, 0.2) is 4.99 Å². The van der Waals surface area contributed by atoms with Crippen LogP contribution in [-0.4, -0.2) is 56.7 Å². The Labute approximate surface area is 134 Å². The van der Waals surface area contributed by atoms with Crippen LogP contribution < -0.4 is 10.6 Å². The molecular weight excluding hydrogens is 388 g/mol. The van der Waals surface area contributed by atoms with E-state index in [2.05, 4.69) is 15.6 Å². The zero-order valence-corrected chi connectivity index (χ0v) is 14.2. The highest BCUT2D eigenvalue weighted by Crippen LogP contribution is 2.18. The maximum atomic E-state index is 12.0. The number of halogens is 4. The number of amides is 1. The topological polar surface area (TPSA) is 56.7 Å². The van der Waals surface area contributed by atoms with Crippen molar-refractivity contribution in [2.45, 2.75) is 25.9 Å². The summed E-state index contributed by atoms with van der Waals surface area (Å²) in [5, 5.41) is 5.64. The first-order valence-corrected chi connectivity index (χ1v) is 6.05. The molecule has 2 N–H and O–H groups in total. The van der Waals surface area contributed by atoms with Crippen molar-refractivity contribution >= 4 is 35.8 Å². The minimum Gasteiger partial charge on any atom is -0.357 e. The van der Waals surface area contributed by atoms with Gasteiger partial charge in [0.2, 0.25) is 5.91 Å². The average Bonchev–Trinajstić information content (AvgIpc) is 2.26. The Morgan fingerprint density at radius 2 is 1.85 bits per heavy atom. The van der Waals surface area contributed by atoms with E-state index in [1.54, 1.807) is 14.1 Å². The second kappa shape index (κ2) is 11.0. The number of hydrogen-bond donors (Lipinski definition) is 2. The van der Waals surface area contributed by atoms with E-state index in [1.807, 2.05) is 6.92 Å². The van der Waals surface area contributed by atoms with Crippen molar-refractivity contribution in [1.29, 1.82) is 0 Å². The van der Waals surface area contributed by atoms with E-state index in [9.17, 15) is 18.0 Å². The van der Waals surface area contributed by atoms with E-state index in [0.717, 1.165) is 0 Å². The van der Waals surface area contributed by atoms with E-state index in [4.69, 9.17) is 0 Å². The van der Waals surface area contributed by atoms with Crippen molar-refractivity contribution < 1.29 is 18.0 Å². The Hall–Kier alpha value is -0.740. The van der Waals surface area contributed by atoms with Gasteiger partial charge in [-0.1, -0.05) is 0 Å². The molecule has 0 aliphatic carbocycles. The molecule has 0 aromatic rings. The van der Waals surface area contributed by atoms with Crippen molar-refractivity contribution in [3.05, 3.63) is 0 Å². The third-order valence-electron chi connectivity index (χ3n) is 2.14. The van der Waals surface area contributed by atoms with E-state index in [0.29, 0.717) is 19.0 Å². The Bertz CT molecular complexity index is 309. The first-order valence-electron chi connectivity index (χ1n) is 6.05. The monoisotopic (exact) mass is 410 g/mol. The maximum Gasteiger partial charge on any atom is 0.390 e. The fraction of sp³-hybridized carbons (Fsp3) is 0.818. The highest BCUT2D eigenvalue weighted by atomic mass is 127. The number of carbonyl (C=O) groups is 1. The molecule has 0 radical (unpaired) electrons. The maximum absolute atomic E-state index is 12.0. The van der Waals surface area contributed by atoms with Crippen molar-refractivity contribution in [2.24, 2.45) is 4.99 Å². The van der Waals surface area contributed by atoms with Gasteiger partial charge in [-0.2, -0.15) is 13.2 Å². The second-order valence-corrected chi connectivity index (χ2v) is 4.09. The molecule has 0 bridgehead atoms. The molecule has 0 aromatic heterocycles. The highest BCUT2D eigenvalue weighted by molar-refractivity contribution is 14.0. The fourth-order valence-electron chi connectivity index (χ4n) is 1.15. The van der Waals surface area contributed by atoms with Gasteiger partial charge in [0.05, 0.1) is 13.0 Å². The number of carbonyl (C=O) groups excluding carboxylic acids is 1. The predicted molar refractivity (Wildman–Crippen MR) is 83.4 cm³/mol. The molecule has 0 atom stereocenters. The van der Waals surface area contributed by atoms with Crippen LogP contribution in [0.2, 0.25) is 0 Å². The SMILES string of the molecule is CCNC(=NCCC(F)(F)F)NCCC(=O)N(C)C.I. The molecule has 0 saturated carbocycles. The largest absolute Gasteiger partial charge is 0.390 e. The van der Waals surface area contributed by atoms with E-state index in [1.165, 1.54) is 4.90 Å². The molecule has 0 saturated heterocycles. The lowest BCUT2D eigenvalue weighted by Gasteiger charge is -2.13. The zero-order chi connectivity index (χ0) is 14.9. The van der Waals surface area contributed by atoms with Crippen LogP contribution in [0.4, 0.5) is 13.2 Å². The lowest BCUT2D eigenvalue weighted by Crippen LogP contribution is -2.39. The number of nitrogens with one attached hydrogen (secondary N) is 2. The van der Waals surface area contributed by atoms with Gasteiger partial charge in [0.1, 0.15) is 0 Å². The van der Waals surface area contributed by atoms with E-state index < -0.39 is 12.6 Å². The van der Waals surface area contributed by atoms with Gasteiger partial charge in [-0.25, -0.2) is 0 Å². The van der Waals surface area contributed by atoms with Crippen LogP contribution in [0.1, 0.15) is 19.8 Å². The third kappa shape index (κ3) is 12.3. The Morgan fingerprint density at radius 3 is 2.30 bits per heavy atom. The second-order valence-electron chi connectivity index (χ2n) is 4.09. The van der Waals surface area contributed by atoms with Crippen molar-refractivity contribution in [3.8, 4) is 0 Å². The highest BCUT2D eigenvalue weighted by Gasteiger charge is 2.26. The number of hydrogen-bond acceptors (Lipinski definition) is 2. The summed E-state index contributed by atoms with van der Waals surface area (Å²) in [7, 11) is 3.29. The Morgan fingerprint density at radius 1 is 1.25 bits per heavy atom. The van der Waals surface area contributed by atoms with Crippen LogP contribution >= 0.6 is 24.0 Å². The standard InChI is InChI=1S/C11H21F3N4O.HI/c1-4-15-10(17-8-6-11(12,13)14)16-7-5-9(19)18(2)3;/h4-8H2,1-3H3,(H2,15,16,17);1H. The van der Waals surface area contributed by atoms with Gasteiger partial charge in [0.25, 0.3) is 0 Å². The smallest absolute Gasteiger partial charge is 0.357 e. The van der Waals surface area contributed by atoms with Gasteiger partial charge in [-0.05, 0) is 6.92 Å². The third-order valence-corrected chi connectivity index (χ3v) is 2.14. The predicted octanol–water partition coefficient (Wildman–Crippen LogP) is 1.59. The number of aliphatic imine (C=N–C) groups is 1. The number of guanidine groups is 1. The molecule has 0 aliphatic heterocycles. The van der Waals surface area contributed by atoms with Crippen LogP contribution in [0.25, 0.3) is 0 Å². The minimum atomic E-state index is -4.21. The molecule has 0 fully saturated rings. The lowest BCUT2D eigenvalue weighted by molar-refractivity contribution is -0.132. The summed E-state index contributed by atoms with van der Waals surface area (Å²) in [6.07, 6.45) is -4.90. The molecule has 0 aromatic carbocycles. The molecule has 5 nitrogen and oxygen atoms in total. The van der Waals surface area contributed by atoms with Crippen LogP contribution in [0.3, 0.4) is 0 Å². The van der Waals surface area contributed by atoms with Gasteiger partial charge in [-0.15, -0.1) is 24.0 Å². The summed E-state index contributed by atoms with van der Waals surface area (Å²) in [6, 6.07) is 0. The van der Waals surface area contributed by atoms with Crippen molar-refractivity contribution in [3.63, 3.8) is 0 Å². The van der Waals surface area contributed by atoms with E-state index in [-0.39, 0.29) is 42.8 Å². The Balaban J connectivity index is 0. The van der Waals surface area contributed by atoms with Crippen molar-refractivity contribution in [1.82, 2.24) is 15.5 Å². The molecular formula is C11H22F3IN4O. The quantitative estimate of drug-likeness (QED) is 0.398. The summed E-state index contributed by atoms with van der Waals surface area (Å²) in [6.45, 7) is 2.35. The average molecular weight is 410 g/mol. The normalized spacial score (nSPS) is 11.6. The summed E-state index contributed by atoms with van der Waals surface area (Å²) < 4.78 is 35.9. The number of alkyl halides is 3. The first-order chi connectivity index (χ1) is 8.76. The molecule has 0 spiro atoms. The summed E-state index contributed by atoms with van der Waals surface area (Å²) >= 11 is 0. The van der Waals surface area contributed by atoms with Crippen LogP contribution in [0.5, 0.6) is 0 Å². The van der Waals surface area contributed by atoms with E-state index >= 15 is 0 Å². The first kappa shape index (κ1) is 21.6. The Kier molecular flexibility index (Phi) is 11.8. The lowest BCUT2D eigenvalue weighted by atomic mass is 10.4. The molecule has 0 heterocycles. The summed E-state index contributed by atoms with van der Waals surface area (Å²) in [4.78, 5) is 16.5. The van der Waals surface area contributed by atoms with Crippen LogP contribution in [0, 0.1) is 0 Å². The van der Waals surface area contributed by atoms with Gasteiger partial charge in [0.15, 0.2) is 5.96 Å². The molecule has 20 heavy (non-hydrogen) atoms. The molecule has 120 valence electrons. The molecule has 0 aliphatic rings. The van der Waals surface area contributed by atoms with Crippen molar-refractivity contribution in [2.75, 3.05) is 33.7 Å².